The van der Waals surface area contributed by atoms with Crippen molar-refractivity contribution >= 4 is 11.9 Å². The van der Waals surface area contributed by atoms with Crippen LogP contribution in [0.15, 0.2) is 0 Å². The number of esters is 2. The number of unbranched alkanes of at least 4 members (excludes halogenated alkanes) is 10. The predicted molar refractivity (Wildman–Crippen MR) is 249 cm³/mol. The highest BCUT2D eigenvalue weighted by molar-refractivity contribution is 5.69. The van der Waals surface area contributed by atoms with Crippen LogP contribution in [0.3, 0.4) is 0 Å². The summed E-state index contributed by atoms with van der Waals surface area (Å²) in [6, 6.07) is 0. The van der Waals surface area contributed by atoms with Crippen molar-refractivity contribution in [3.63, 3.8) is 0 Å². The van der Waals surface area contributed by atoms with Crippen LogP contribution >= 0.6 is 0 Å². The fourth-order valence-electron chi connectivity index (χ4n) is 7.98. The molecule has 0 aliphatic rings. The molecule has 0 aliphatic heterocycles. The predicted octanol–water partition coefficient (Wildman–Crippen LogP) is 13.6. The van der Waals surface area contributed by atoms with Crippen LogP contribution in [0.1, 0.15) is 235 Å². The Bertz CT molecular complexity index is 859. The summed E-state index contributed by atoms with van der Waals surface area (Å²) >= 11 is 0. The normalized spacial score (nSPS) is 12.5. The zero-order chi connectivity index (χ0) is 43.6. The third kappa shape index (κ3) is 39.4. The smallest absolute Gasteiger partial charge is 0.305 e. The molecule has 0 rings (SSSR count). The summed E-state index contributed by atoms with van der Waals surface area (Å²) in [7, 11) is 0. The summed E-state index contributed by atoms with van der Waals surface area (Å²) in [4.78, 5) is 27.1. The molecule has 0 heterocycles. The molecule has 59 heavy (non-hydrogen) atoms. The second-order valence-corrected chi connectivity index (χ2v) is 18.4. The Kier molecular flexibility index (Phi) is 42.5. The Hall–Kier alpha value is -1.22. The molecule has 8 nitrogen and oxygen atoms in total. The number of carbonyl (C=O) groups is 2. The van der Waals surface area contributed by atoms with Crippen molar-refractivity contribution in [2.75, 3.05) is 52.7 Å². The van der Waals surface area contributed by atoms with E-state index in [0.717, 1.165) is 89.6 Å². The molecule has 0 aliphatic carbocycles. The van der Waals surface area contributed by atoms with Gasteiger partial charge in [0.15, 0.2) is 6.29 Å². The summed E-state index contributed by atoms with van der Waals surface area (Å²) < 4.78 is 23.9. The highest BCUT2D eigenvalue weighted by Gasteiger charge is 2.16. The van der Waals surface area contributed by atoms with E-state index in [1.54, 1.807) is 0 Å². The average Bonchev–Trinajstić information content (AvgIpc) is 3.21. The topological polar surface area (TPSA) is 94.5 Å². The quantitative estimate of drug-likeness (QED) is 0.0368. The van der Waals surface area contributed by atoms with Gasteiger partial charge in [0.05, 0.1) is 19.8 Å². The fourth-order valence-corrected chi connectivity index (χ4v) is 7.98. The molecule has 0 aromatic heterocycles. The van der Waals surface area contributed by atoms with Crippen molar-refractivity contribution < 1.29 is 33.6 Å². The molecule has 0 saturated carbocycles. The Morgan fingerprint density at radius 3 is 1.36 bits per heavy atom. The number of carbonyl (C=O) groups excluding carboxylic acids is 2. The minimum absolute atomic E-state index is 0.0522. The number of ether oxygens (including phenoxy) is 4. The van der Waals surface area contributed by atoms with E-state index in [0.29, 0.717) is 70.0 Å². The lowest BCUT2D eigenvalue weighted by atomic mass is 9.93. The minimum Gasteiger partial charge on any atom is -0.466 e. The first-order chi connectivity index (χ1) is 28.7. The first-order valence-corrected chi connectivity index (χ1v) is 25.6. The van der Waals surface area contributed by atoms with E-state index in [4.69, 9.17) is 18.9 Å². The molecule has 0 amide bonds. The molecule has 1 unspecified atom stereocenters. The van der Waals surface area contributed by atoms with Gasteiger partial charge in [0.25, 0.3) is 0 Å². The molecule has 1 atom stereocenters. The van der Waals surface area contributed by atoms with Gasteiger partial charge in [0, 0.05) is 39.0 Å². The molecular formula is C51H101NO7. The van der Waals surface area contributed by atoms with Crippen molar-refractivity contribution in [2.24, 2.45) is 23.7 Å². The third-order valence-electron chi connectivity index (χ3n) is 12.1. The van der Waals surface area contributed by atoms with Gasteiger partial charge in [-0.3, -0.25) is 9.59 Å². The largest absolute Gasteiger partial charge is 0.466 e. The lowest BCUT2D eigenvalue weighted by Gasteiger charge is -2.23. The molecule has 0 radical (unpaired) electrons. The summed E-state index contributed by atoms with van der Waals surface area (Å²) in [5, 5.41) is 9.61. The molecule has 352 valence electrons. The van der Waals surface area contributed by atoms with E-state index in [1.165, 1.54) is 96.3 Å². The number of hydrogen-bond donors (Lipinski definition) is 1. The van der Waals surface area contributed by atoms with Gasteiger partial charge in [-0.05, 0) is 81.7 Å². The average molecular weight is 840 g/mol. The van der Waals surface area contributed by atoms with Crippen LogP contribution in [0.5, 0.6) is 0 Å². The Labute approximate surface area is 366 Å². The zero-order valence-corrected chi connectivity index (χ0v) is 40.4. The maximum Gasteiger partial charge on any atom is 0.305 e. The van der Waals surface area contributed by atoms with E-state index < -0.39 is 0 Å². The first kappa shape index (κ1) is 57.8. The van der Waals surface area contributed by atoms with E-state index in [1.807, 2.05) is 0 Å². The highest BCUT2D eigenvalue weighted by atomic mass is 16.7. The second kappa shape index (κ2) is 43.4. The van der Waals surface area contributed by atoms with Crippen LogP contribution < -0.4 is 0 Å². The molecule has 0 spiro atoms. The van der Waals surface area contributed by atoms with Gasteiger partial charge in [-0.25, -0.2) is 0 Å². The van der Waals surface area contributed by atoms with Gasteiger partial charge in [0.1, 0.15) is 0 Å². The van der Waals surface area contributed by atoms with Crippen molar-refractivity contribution in [2.45, 2.75) is 241 Å². The Morgan fingerprint density at radius 1 is 0.458 bits per heavy atom. The molecule has 0 bridgehead atoms. The number of aliphatic hydroxyl groups is 1. The summed E-state index contributed by atoms with van der Waals surface area (Å²) in [5.41, 5.74) is 0. The van der Waals surface area contributed by atoms with Crippen LogP contribution in [-0.4, -0.2) is 80.9 Å². The van der Waals surface area contributed by atoms with Gasteiger partial charge in [-0.1, -0.05) is 170 Å². The minimum atomic E-state index is -0.326. The number of hydrogen-bond acceptors (Lipinski definition) is 8. The molecule has 0 aromatic carbocycles. The number of nitrogens with zero attached hydrogens (tertiary/aromatic N) is 1. The van der Waals surface area contributed by atoms with Gasteiger partial charge < -0.3 is 29.0 Å². The molecule has 8 heteroatoms. The van der Waals surface area contributed by atoms with E-state index >= 15 is 0 Å². The Morgan fingerprint density at radius 2 is 0.898 bits per heavy atom. The molecule has 0 aromatic rings. The number of rotatable bonds is 46. The van der Waals surface area contributed by atoms with Crippen LogP contribution in [0.25, 0.3) is 0 Å². The van der Waals surface area contributed by atoms with Crippen LogP contribution in [0, 0.1) is 23.7 Å². The lowest BCUT2D eigenvalue weighted by molar-refractivity contribution is -0.163. The van der Waals surface area contributed by atoms with E-state index in [-0.39, 0.29) is 24.8 Å². The zero-order valence-electron chi connectivity index (χ0n) is 40.4. The van der Waals surface area contributed by atoms with E-state index in [2.05, 4.69) is 53.4 Å². The lowest BCUT2D eigenvalue weighted by Crippen LogP contribution is -2.29. The molecule has 0 saturated heterocycles. The van der Waals surface area contributed by atoms with Gasteiger partial charge in [-0.15, -0.1) is 0 Å². The van der Waals surface area contributed by atoms with Gasteiger partial charge >= 0.3 is 11.9 Å². The molecular weight excluding hydrogens is 739 g/mol. The van der Waals surface area contributed by atoms with Crippen molar-refractivity contribution in [1.29, 1.82) is 0 Å². The summed E-state index contributed by atoms with van der Waals surface area (Å²) in [5.74, 6) is 2.61. The monoisotopic (exact) mass is 840 g/mol. The summed E-state index contributed by atoms with van der Waals surface area (Å²) in [6.45, 7) is 20.9. The van der Waals surface area contributed by atoms with Crippen LogP contribution in [-0.2, 0) is 28.5 Å². The maximum absolute atomic E-state index is 12.7. The SMILES string of the molecule is CCCCC(CCCC)CCOC(CCOC(=O)CCCCCN(CCO)CCCCCCCC(=O)OCCC(C)CCCC(C)C)OCCC(CCCC)CCCC. The molecule has 1 N–H and O–H groups in total. The van der Waals surface area contributed by atoms with Crippen LogP contribution in [0.4, 0.5) is 0 Å². The van der Waals surface area contributed by atoms with Gasteiger partial charge in [0.2, 0.25) is 0 Å². The summed E-state index contributed by atoms with van der Waals surface area (Å²) in [6.07, 6.45) is 31.3. The third-order valence-corrected chi connectivity index (χ3v) is 12.1. The van der Waals surface area contributed by atoms with E-state index in [9.17, 15) is 14.7 Å². The van der Waals surface area contributed by atoms with Crippen LogP contribution in [0.2, 0.25) is 0 Å². The maximum atomic E-state index is 12.7. The fraction of sp³-hybridized carbons (Fsp3) is 0.961. The van der Waals surface area contributed by atoms with Crippen molar-refractivity contribution in [3.05, 3.63) is 0 Å². The first-order valence-electron chi connectivity index (χ1n) is 25.6. The highest BCUT2D eigenvalue weighted by Crippen LogP contribution is 2.23. The second-order valence-electron chi connectivity index (χ2n) is 18.4. The van der Waals surface area contributed by atoms with Crippen molar-refractivity contribution in [1.82, 2.24) is 4.90 Å². The van der Waals surface area contributed by atoms with Gasteiger partial charge in [-0.2, -0.15) is 0 Å². The number of aliphatic hydroxyl groups excluding tert-OH is 1. The Balaban J connectivity index is 4.41. The van der Waals surface area contributed by atoms with Crippen molar-refractivity contribution in [3.8, 4) is 0 Å². The molecule has 0 fully saturated rings. The standard InChI is InChI=1S/C51H101NO7/c1-8-12-27-47(28-13-9-2)34-42-58-51(59-43-35-48(29-14-10-3)30-15-11-4)36-44-57-50(55)32-21-19-23-38-52(39-40-53)37-22-18-16-17-20-31-49(54)56-41-33-46(7)26-24-25-45(5)6/h45-48,51,53H,8-44H2,1-7H3.